The number of hydrogen-bond donors (Lipinski definition) is 1. The average Bonchev–Trinajstić information content (AvgIpc) is 2.82. The van der Waals surface area contributed by atoms with E-state index in [1.807, 2.05) is 19.1 Å². The number of carbonyl (C=O) groups excluding carboxylic acids is 1. The van der Waals surface area contributed by atoms with Gasteiger partial charge in [-0.15, -0.1) is 0 Å². The van der Waals surface area contributed by atoms with Gasteiger partial charge in [-0.25, -0.2) is 4.79 Å². The fourth-order valence-electron chi connectivity index (χ4n) is 4.10. The van der Waals surface area contributed by atoms with Gasteiger partial charge >= 0.3 is 6.09 Å². The van der Waals surface area contributed by atoms with Gasteiger partial charge in [-0.1, -0.05) is 24.3 Å². The number of methoxy groups -OCH3 is 2. The standard InChI is InChI=1S/C25H34N2O4/c1-5-31-25(28)27-13-11-20(12-14-27)23-15-19(9-10-24(23)30-4)17-26-18(2)21-7-6-8-22(16-21)29-3/h6-10,15-16,18,20,26H,5,11-14,17H2,1-4H3. The molecule has 0 radical (unpaired) electrons. The van der Waals surface area contributed by atoms with Crippen LogP contribution in [-0.2, 0) is 11.3 Å². The van der Waals surface area contributed by atoms with E-state index in [9.17, 15) is 4.79 Å². The van der Waals surface area contributed by atoms with E-state index in [0.717, 1.165) is 30.9 Å². The van der Waals surface area contributed by atoms with Crippen molar-refractivity contribution >= 4 is 6.09 Å². The normalized spacial score (nSPS) is 15.4. The maximum Gasteiger partial charge on any atom is 0.409 e. The summed E-state index contributed by atoms with van der Waals surface area (Å²) in [6.07, 6.45) is 1.61. The van der Waals surface area contributed by atoms with E-state index in [0.29, 0.717) is 25.6 Å². The zero-order valence-corrected chi connectivity index (χ0v) is 19.0. The third kappa shape index (κ3) is 5.91. The molecule has 1 heterocycles. The minimum Gasteiger partial charge on any atom is -0.497 e. The molecule has 0 spiro atoms. The lowest BCUT2D eigenvalue weighted by Gasteiger charge is -2.32. The van der Waals surface area contributed by atoms with E-state index >= 15 is 0 Å². The number of hydrogen-bond acceptors (Lipinski definition) is 5. The van der Waals surface area contributed by atoms with E-state index in [1.54, 1.807) is 19.1 Å². The summed E-state index contributed by atoms with van der Waals surface area (Å²) in [7, 11) is 3.41. The number of carbonyl (C=O) groups is 1. The van der Waals surface area contributed by atoms with Crippen molar-refractivity contribution in [3.8, 4) is 11.5 Å². The Morgan fingerprint density at radius 3 is 2.58 bits per heavy atom. The molecule has 1 fully saturated rings. The first-order valence-electron chi connectivity index (χ1n) is 11.0. The molecule has 31 heavy (non-hydrogen) atoms. The molecular weight excluding hydrogens is 392 g/mol. The van der Waals surface area contributed by atoms with Crippen molar-refractivity contribution in [2.45, 2.75) is 45.2 Å². The highest BCUT2D eigenvalue weighted by Gasteiger charge is 2.26. The monoisotopic (exact) mass is 426 g/mol. The van der Waals surface area contributed by atoms with E-state index in [-0.39, 0.29) is 12.1 Å². The molecule has 6 nitrogen and oxygen atoms in total. The Kier molecular flexibility index (Phi) is 8.18. The minimum atomic E-state index is -0.211. The van der Waals surface area contributed by atoms with Crippen LogP contribution >= 0.6 is 0 Å². The Morgan fingerprint density at radius 1 is 1.13 bits per heavy atom. The third-order valence-electron chi connectivity index (χ3n) is 5.96. The van der Waals surface area contributed by atoms with Gasteiger partial charge < -0.3 is 24.4 Å². The molecule has 1 aliphatic rings. The molecular formula is C25H34N2O4. The Labute approximate surface area is 185 Å². The van der Waals surface area contributed by atoms with Gasteiger partial charge in [-0.05, 0) is 67.5 Å². The summed E-state index contributed by atoms with van der Waals surface area (Å²) in [6.45, 7) is 6.59. The van der Waals surface area contributed by atoms with E-state index in [1.165, 1.54) is 16.7 Å². The summed E-state index contributed by atoms with van der Waals surface area (Å²) in [6, 6.07) is 14.8. The highest BCUT2D eigenvalue weighted by atomic mass is 16.6. The lowest BCUT2D eigenvalue weighted by Crippen LogP contribution is -2.38. The van der Waals surface area contributed by atoms with Gasteiger partial charge in [0.2, 0.25) is 0 Å². The molecule has 2 aromatic rings. The number of ether oxygens (including phenoxy) is 3. The second-order valence-electron chi connectivity index (χ2n) is 7.92. The van der Waals surface area contributed by atoms with Crippen molar-refractivity contribution in [2.24, 2.45) is 0 Å². The van der Waals surface area contributed by atoms with Gasteiger partial charge in [-0.3, -0.25) is 0 Å². The van der Waals surface area contributed by atoms with Crippen LogP contribution in [0.2, 0.25) is 0 Å². The first-order chi connectivity index (χ1) is 15.0. The third-order valence-corrected chi connectivity index (χ3v) is 5.96. The van der Waals surface area contributed by atoms with Crippen LogP contribution in [0.3, 0.4) is 0 Å². The number of nitrogens with zero attached hydrogens (tertiary/aromatic N) is 1. The van der Waals surface area contributed by atoms with Gasteiger partial charge in [0.25, 0.3) is 0 Å². The highest BCUT2D eigenvalue weighted by Crippen LogP contribution is 2.35. The van der Waals surface area contributed by atoms with Crippen LogP contribution in [0, 0.1) is 0 Å². The number of nitrogens with one attached hydrogen (secondary N) is 1. The van der Waals surface area contributed by atoms with Crippen molar-refractivity contribution in [3.05, 3.63) is 59.2 Å². The molecule has 168 valence electrons. The summed E-state index contributed by atoms with van der Waals surface area (Å²) in [5.74, 6) is 2.16. The van der Waals surface area contributed by atoms with E-state index < -0.39 is 0 Å². The van der Waals surface area contributed by atoms with Crippen molar-refractivity contribution < 1.29 is 19.0 Å². The zero-order chi connectivity index (χ0) is 22.2. The molecule has 1 amide bonds. The Morgan fingerprint density at radius 2 is 1.90 bits per heavy atom. The Bertz CT molecular complexity index is 862. The van der Waals surface area contributed by atoms with Crippen molar-refractivity contribution in [2.75, 3.05) is 33.9 Å². The fourth-order valence-corrected chi connectivity index (χ4v) is 4.10. The van der Waals surface area contributed by atoms with Crippen LogP contribution in [0.5, 0.6) is 11.5 Å². The van der Waals surface area contributed by atoms with Crippen LogP contribution in [0.4, 0.5) is 4.79 Å². The smallest absolute Gasteiger partial charge is 0.409 e. The Balaban J connectivity index is 1.64. The van der Waals surface area contributed by atoms with Crippen LogP contribution in [0.15, 0.2) is 42.5 Å². The molecule has 0 bridgehead atoms. The highest BCUT2D eigenvalue weighted by molar-refractivity contribution is 5.67. The molecule has 0 saturated carbocycles. The van der Waals surface area contributed by atoms with Crippen LogP contribution in [0.1, 0.15) is 55.3 Å². The molecule has 2 aromatic carbocycles. The topological polar surface area (TPSA) is 60.0 Å². The summed E-state index contributed by atoms with van der Waals surface area (Å²) in [4.78, 5) is 13.8. The van der Waals surface area contributed by atoms with Crippen LogP contribution in [-0.4, -0.2) is 44.9 Å². The number of amides is 1. The average molecular weight is 427 g/mol. The zero-order valence-electron chi connectivity index (χ0n) is 19.0. The minimum absolute atomic E-state index is 0.202. The van der Waals surface area contributed by atoms with Crippen LogP contribution < -0.4 is 14.8 Å². The van der Waals surface area contributed by atoms with Gasteiger partial charge in [0.15, 0.2) is 0 Å². The molecule has 3 rings (SSSR count). The molecule has 6 heteroatoms. The molecule has 1 aliphatic heterocycles. The largest absolute Gasteiger partial charge is 0.497 e. The first-order valence-corrected chi connectivity index (χ1v) is 11.0. The van der Waals surface area contributed by atoms with Gasteiger partial charge in [0, 0.05) is 25.7 Å². The number of likely N-dealkylation sites (tertiary alicyclic amines) is 1. The summed E-state index contributed by atoms with van der Waals surface area (Å²) < 4.78 is 16.1. The van der Waals surface area contributed by atoms with E-state index in [2.05, 4.69) is 42.6 Å². The predicted octanol–water partition coefficient (Wildman–Crippen LogP) is 4.89. The molecule has 0 aromatic heterocycles. The second-order valence-corrected chi connectivity index (χ2v) is 7.92. The van der Waals surface area contributed by atoms with Crippen molar-refractivity contribution in [1.82, 2.24) is 10.2 Å². The van der Waals surface area contributed by atoms with Gasteiger partial charge in [0.05, 0.1) is 20.8 Å². The fraction of sp³-hybridized carbons (Fsp3) is 0.480. The number of benzene rings is 2. The van der Waals surface area contributed by atoms with Crippen LogP contribution in [0.25, 0.3) is 0 Å². The maximum absolute atomic E-state index is 12.0. The summed E-state index contributed by atoms with van der Waals surface area (Å²) >= 11 is 0. The number of rotatable bonds is 8. The molecule has 0 aliphatic carbocycles. The lowest BCUT2D eigenvalue weighted by molar-refractivity contribution is 0.0969. The van der Waals surface area contributed by atoms with Crippen molar-refractivity contribution in [3.63, 3.8) is 0 Å². The van der Waals surface area contributed by atoms with Gasteiger partial charge in [0.1, 0.15) is 11.5 Å². The first kappa shape index (κ1) is 22.9. The number of piperidine rings is 1. The quantitative estimate of drug-likeness (QED) is 0.651. The molecule has 1 N–H and O–H groups in total. The van der Waals surface area contributed by atoms with E-state index in [4.69, 9.17) is 14.2 Å². The van der Waals surface area contributed by atoms with Gasteiger partial charge in [-0.2, -0.15) is 0 Å². The lowest BCUT2D eigenvalue weighted by atomic mass is 9.88. The molecule has 1 atom stereocenters. The van der Waals surface area contributed by atoms with Crippen molar-refractivity contribution in [1.29, 1.82) is 0 Å². The summed E-state index contributed by atoms with van der Waals surface area (Å²) in [5.41, 5.74) is 3.64. The molecule has 1 unspecified atom stereocenters. The second kappa shape index (κ2) is 11.0. The predicted molar refractivity (Wildman–Crippen MR) is 122 cm³/mol. The molecule has 1 saturated heterocycles. The maximum atomic E-state index is 12.0. The Hall–Kier alpha value is -2.73. The SMILES string of the molecule is CCOC(=O)N1CCC(c2cc(CNC(C)c3cccc(OC)c3)ccc2OC)CC1. The summed E-state index contributed by atoms with van der Waals surface area (Å²) in [5, 5.41) is 3.60.